The lowest BCUT2D eigenvalue weighted by molar-refractivity contribution is -0.138. The minimum atomic E-state index is -4.29. The molecule has 0 spiro atoms. The monoisotopic (exact) mass is 287 g/mol. The molecule has 0 saturated carbocycles. The summed E-state index contributed by atoms with van der Waals surface area (Å²) < 4.78 is 43.7. The van der Waals surface area contributed by atoms with Crippen molar-refractivity contribution in [3.8, 4) is 0 Å². The first-order valence-electron chi connectivity index (χ1n) is 6.78. The molecule has 2 atom stereocenters. The summed E-state index contributed by atoms with van der Waals surface area (Å²) in [7, 11) is 0. The molecule has 2 nitrogen and oxygen atoms in total. The number of rotatable bonds is 2. The number of morpholine rings is 1. The number of hydrogen-bond donors (Lipinski definition) is 1. The third-order valence-corrected chi connectivity index (χ3v) is 4.05. The molecule has 1 saturated heterocycles. The van der Waals surface area contributed by atoms with Crippen LogP contribution in [0.4, 0.5) is 13.2 Å². The first-order chi connectivity index (χ1) is 9.22. The van der Waals surface area contributed by atoms with E-state index in [2.05, 4.69) is 19.2 Å². The average Bonchev–Trinajstić information content (AvgIpc) is 2.38. The van der Waals surface area contributed by atoms with Crippen molar-refractivity contribution >= 4 is 0 Å². The van der Waals surface area contributed by atoms with Gasteiger partial charge in [0.2, 0.25) is 0 Å². The SMILES string of the molecule is CC(C)C1(C)CNCC(c2ccc(C(F)(F)F)cc2)O1. The smallest absolute Gasteiger partial charge is 0.364 e. The number of halogens is 3. The molecular formula is C15H20F3NO. The third-order valence-electron chi connectivity index (χ3n) is 4.05. The molecule has 2 rings (SSSR count). The van der Waals surface area contributed by atoms with E-state index in [4.69, 9.17) is 4.74 Å². The maximum absolute atomic E-state index is 12.5. The second-order valence-corrected chi connectivity index (χ2v) is 5.82. The zero-order chi connectivity index (χ0) is 15.0. The van der Waals surface area contributed by atoms with Crippen molar-refractivity contribution in [3.05, 3.63) is 35.4 Å². The van der Waals surface area contributed by atoms with Crippen LogP contribution in [0, 0.1) is 5.92 Å². The first kappa shape index (κ1) is 15.3. The molecule has 0 amide bonds. The summed E-state index contributed by atoms with van der Waals surface area (Å²) in [5, 5.41) is 3.30. The molecule has 5 heteroatoms. The summed E-state index contributed by atoms with van der Waals surface area (Å²) in [5.41, 5.74) is -0.153. The second-order valence-electron chi connectivity index (χ2n) is 5.82. The number of ether oxygens (including phenoxy) is 1. The quantitative estimate of drug-likeness (QED) is 0.893. The van der Waals surface area contributed by atoms with E-state index in [1.54, 1.807) is 0 Å². The van der Waals surface area contributed by atoms with Gasteiger partial charge in [-0.2, -0.15) is 13.2 Å². The van der Waals surface area contributed by atoms with E-state index in [1.807, 2.05) is 6.92 Å². The molecule has 0 bridgehead atoms. The standard InChI is InChI=1S/C15H20F3NO/c1-10(2)14(3)9-19-8-13(20-14)11-4-6-12(7-5-11)15(16,17)18/h4-7,10,13,19H,8-9H2,1-3H3. The van der Waals surface area contributed by atoms with Crippen LogP contribution in [0.15, 0.2) is 24.3 Å². The summed E-state index contributed by atoms with van der Waals surface area (Å²) in [6.45, 7) is 7.56. The zero-order valence-electron chi connectivity index (χ0n) is 11.9. The van der Waals surface area contributed by atoms with Gasteiger partial charge in [-0.05, 0) is 30.5 Å². The topological polar surface area (TPSA) is 21.3 Å². The van der Waals surface area contributed by atoms with E-state index in [0.717, 1.165) is 24.2 Å². The molecule has 1 aromatic carbocycles. The van der Waals surface area contributed by atoms with Crippen LogP contribution in [0.2, 0.25) is 0 Å². The fraction of sp³-hybridized carbons (Fsp3) is 0.600. The molecular weight excluding hydrogens is 267 g/mol. The molecule has 0 radical (unpaired) electrons. The molecule has 1 aliphatic heterocycles. The van der Waals surface area contributed by atoms with Crippen molar-refractivity contribution in [1.82, 2.24) is 5.32 Å². The maximum Gasteiger partial charge on any atom is 0.416 e. The maximum atomic E-state index is 12.5. The van der Waals surface area contributed by atoms with Crippen molar-refractivity contribution in [2.24, 2.45) is 5.92 Å². The van der Waals surface area contributed by atoms with E-state index in [-0.39, 0.29) is 11.7 Å². The van der Waals surface area contributed by atoms with E-state index in [1.165, 1.54) is 12.1 Å². The molecule has 0 aliphatic carbocycles. The largest absolute Gasteiger partial charge is 0.416 e. The van der Waals surface area contributed by atoms with Crippen LogP contribution in [0.3, 0.4) is 0 Å². The summed E-state index contributed by atoms with van der Waals surface area (Å²) >= 11 is 0. The van der Waals surface area contributed by atoms with Gasteiger partial charge in [-0.15, -0.1) is 0 Å². The van der Waals surface area contributed by atoms with Crippen LogP contribution in [0.5, 0.6) is 0 Å². The Morgan fingerprint density at radius 3 is 2.35 bits per heavy atom. The van der Waals surface area contributed by atoms with Crippen LogP contribution < -0.4 is 5.32 Å². The van der Waals surface area contributed by atoms with Gasteiger partial charge in [-0.25, -0.2) is 0 Å². The third kappa shape index (κ3) is 3.15. The summed E-state index contributed by atoms with van der Waals surface area (Å²) in [4.78, 5) is 0. The minimum absolute atomic E-state index is 0.210. The summed E-state index contributed by atoms with van der Waals surface area (Å²) in [5.74, 6) is 0.326. The Morgan fingerprint density at radius 1 is 1.25 bits per heavy atom. The van der Waals surface area contributed by atoms with Crippen molar-refractivity contribution in [2.75, 3.05) is 13.1 Å². The fourth-order valence-corrected chi connectivity index (χ4v) is 2.27. The second kappa shape index (κ2) is 5.37. The average molecular weight is 287 g/mol. The first-order valence-corrected chi connectivity index (χ1v) is 6.78. The highest BCUT2D eigenvalue weighted by Gasteiger charge is 2.36. The Bertz CT molecular complexity index is 455. The van der Waals surface area contributed by atoms with E-state index >= 15 is 0 Å². The van der Waals surface area contributed by atoms with E-state index in [9.17, 15) is 13.2 Å². The molecule has 1 N–H and O–H groups in total. The van der Waals surface area contributed by atoms with Crippen molar-refractivity contribution in [2.45, 2.75) is 38.7 Å². The Labute approximate surface area is 117 Å². The number of hydrogen-bond acceptors (Lipinski definition) is 2. The Morgan fingerprint density at radius 2 is 1.85 bits per heavy atom. The number of alkyl halides is 3. The van der Waals surface area contributed by atoms with Gasteiger partial charge >= 0.3 is 6.18 Å². The molecule has 1 aromatic rings. The van der Waals surface area contributed by atoms with E-state index < -0.39 is 11.7 Å². The van der Waals surface area contributed by atoms with Gasteiger partial charge in [0.05, 0.1) is 17.3 Å². The molecule has 1 fully saturated rings. The van der Waals surface area contributed by atoms with Gasteiger partial charge in [0.15, 0.2) is 0 Å². The fourth-order valence-electron chi connectivity index (χ4n) is 2.27. The van der Waals surface area contributed by atoms with Crippen LogP contribution in [0.1, 0.15) is 38.0 Å². The normalized spacial score (nSPS) is 27.9. The zero-order valence-corrected chi connectivity index (χ0v) is 11.9. The Hall–Kier alpha value is -1.07. The minimum Gasteiger partial charge on any atom is -0.364 e. The van der Waals surface area contributed by atoms with Gasteiger partial charge in [0.25, 0.3) is 0 Å². The Kier molecular flexibility index (Phi) is 4.12. The van der Waals surface area contributed by atoms with Crippen LogP contribution in [-0.2, 0) is 10.9 Å². The molecule has 2 unspecified atom stereocenters. The summed E-state index contributed by atoms with van der Waals surface area (Å²) in [6.07, 6.45) is -4.50. The molecule has 1 aliphatic rings. The van der Waals surface area contributed by atoms with E-state index in [0.29, 0.717) is 12.5 Å². The predicted molar refractivity (Wildman–Crippen MR) is 71.4 cm³/mol. The van der Waals surface area contributed by atoms with Crippen LogP contribution >= 0.6 is 0 Å². The number of benzene rings is 1. The molecule has 112 valence electrons. The van der Waals surface area contributed by atoms with Crippen molar-refractivity contribution < 1.29 is 17.9 Å². The van der Waals surface area contributed by atoms with Gasteiger partial charge in [0, 0.05) is 13.1 Å². The highest BCUT2D eigenvalue weighted by atomic mass is 19.4. The Balaban J connectivity index is 2.16. The van der Waals surface area contributed by atoms with Gasteiger partial charge in [0.1, 0.15) is 0 Å². The van der Waals surface area contributed by atoms with Crippen LogP contribution in [-0.4, -0.2) is 18.7 Å². The lowest BCUT2D eigenvalue weighted by Crippen LogP contribution is -2.52. The van der Waals surface area contributed by atoms with Crippen LogP contribution in [0.25, 0.3) is 0 Å². The lowest BCUT2D eigenvalue weighted by Gasteiger charge is -2.42. The van der Waals surface area contributed by atoms with Crippen molar-refractivity contribution in [1.29, 1.82) is 0 Å². The van der Waals surface area contributed by atoms with Crippen molar-refractivity contribution in [3.63, 3.8) is 0 Å². The highest BCUT2D eigenvalue weighted by Crippen LogP contribution is 2.34. The predicted octanol–water partition coefficient (Wildman–Crippen LogP) is 3.78. The van der Waals surface area contributed by atoms with Gasteiger partial charge in [-0.3, -0.25) is 0 Å². The lowest BCUT2D eigenvalue weighted by atomic mass is 9.89. The number of nitrogens with one attached hydrogen (secondary N) is 1. The highest BCUT2D eigenvalue weighted by molar-refractivity contribution is 5.26. The summed E-state index contributed by atoms with van der Waals surface area (Å²) in [6, 6.07) is 5.22. The van der Waals surface area contributed by atoms with Gasteiger partial charge < -0.3 is 10.1 Å². The molecule has 20 heavy (non-hydrogen) atoms. The molecule has 0 aromatic heterocycles. The molecule has 1 heterocycles. The van der Waals surface area contributed by atoms with Gasteiger partial charge in [-0.1, -0.05) is 26.0 Å².